The predicted molar refractivity (Wildman–Crippen MR) is 95.0 cm³/mol. The molecule has 0 aromatic heterocycles. The number of hydrogen-bond acceptors (Lipinski definition) is 1. The third kappa shape index (κ3) is 4.27. The van der Waals surface area contributed by atoms with Gasteiger partial charge in [-0.3, -0.25) is 0 Å². The number of aliphatic hydroxyl groups is 1. The molecule has 1 aromatic carbocycles. The van der Waals surface area contributed by atoms with E-state index in [4.69, 9.17) is 0 Å². The molecule has 0 amide bonds. The Morgan fingerprint density at radius 1 is 0.880 bits per heavy atom. The normalized spacial score (nSPS) is 14.6. The van der Waals surface area contributed by atoms with Gasteiger partial charge in [0.1, 0.15) is 20.0 Å². The second-order valence-corrected chi connectivity index (χ2v) is 12.9. The molecule has 0 radical (unpaired) electrons. The predicted octanol–water partition coefficient (Wildman–Crippen LogP) is 5.70. The van der Waals surface area contributed by atoms with Gasteiger partial charge in [0, 0.05) is 0 Å². The summed E-state index contributed by atoms with van der Waals surface area (Å²) < 4.78 is 55.2. The highest BCUT2D eigenvalue weighted by Crippen LogP contribution is 2.41. The summed E-state index contributed by atoms with van der Waals surface area (Å²) >= 11 is 0. The average molecular weight is 374 g/mol. The van der Waals surface area contributed by atoms with Crippen LogP contribution in [0, 0.1) is 28.9 Å². The molecule has 0 spiro atoms. The van der Waals surface area contributed by atoms with Gasteiger partial charge in [0.05, 0.1) is 5.56 Å². The number of alkyl halides is 1. The van der Waals surface area contributed by atoms with E-state index in [0.717, 1.165) is 0 Å². The van der Waals surface area contributed by atoms with Gasteiger partial charge >= 0.3 is 0 Å². The summed E-state index contributed by atoms with van der Waals surface area (Å²) in [6.07, 6.45) is -4.38. The highest BCUT2D eigenvalue weighted by molar-refractivity contribution is 6.90. The molecule has 25 heavy (non-hydrogen) atoms. The number of hydrogen-bond donors (Lipinski definition) is 1. The lowest BCUT2D eigenvalue weighted by molar-refractivity contribution is 0.100. The first-order valence-electron chi connectivity index (χ1n) is 8.44. The average Bonchev–Trinajstić information content (AvgIpc) is 2.50. The third-order valence-corrected chi connectivity index (χ3v) is 11.3. The molecule has 1 rings (SSSR count). The highest BCUT2D eigenvalue weighted by atomic mass is 28.3. The van der Waals surface area contributed by atoms with Crippen LogP contribution in [0.25, 0.3) is 0 Å². The zero-order chi connectivity index (χ0) is 19.5. The Hall–Kier alpha value is -1.32. The van der Waals surface area contributed by atoms with Crippen molar-refractivity contribution in [1.82, 2.24) is 0 Å². The fourth-order valence-electron chi connectivity index (χ4n) is 3.67. The van der Waals surface area contributed by atoms with Crippen molar-refractivity contribution in [1.29, 1.82) is 0 Å². The van der Waals surface area contributed by atoms with Crippen LogP contribution in [0.4, 0.5) is 17.6 Å². The SMILES string of the molecule is CC(C)[Si](C#CC(F)C(O)c1c(F)ccc(F)c1F)(C(C)C)C(C)C. The summed E-state index contributed by atoms with van der Waals surface area (Å²) in [5.74, 6) is -1.75. The smallest absolute Gasteiger partial charge is 0.190 e. The highest BCUT2D eigenvalue weighted by Gasteiger charge is 2.42. The van der Waals surface area contributed by atoms with E-state index in [0.29, 0.717) is 12.1 Å². The van der Waals surface area contributed by atoms with Gasteiger partial charge in [0.25, 0.3) is 0 Å². The van der Waals surface area contributed by atoms with E-state index < -0.39 is 43.4 Å². The number of halogens is 4. The summed E-state index contributed by atoms with van der Waals surface area (Å²) in [4.78, 5) is 0. The topological polar surface area (TPSA) is 20.2 Å². The lowest BCUT2D eigenvalue weighted by Crippen LogP contribution is -2.43. The first-order chi connectivity index (χ1) is 11.5. The van der Waals surface area contributed by atoms with Crippen LogP contribution in [0.2, 0.25) is 16.6 Å². The Balaban J connectivity index is 3.28. The molecular weight excluding hydrogens is 348 g/mol. The molecular formula is C19H26F4OSi. The van der Waals surface area contributed by atoms with Crippen molar-refractivity contribution in [2.45, 2.75) is 70.4 Å². The van der Waals surface area contributed by atoms with Gasteiger partial charge in [-0.05, 0) is 28.8 Å². The molecule has 1 aromatic rings. The molecule has 1 N–H and O–H groups in total. The van der Waals surface area contributed by atoms with Crippen molar-refractivity contribution in [2.24, 2.45) is 0 Å². The van der Waals surface area contributed by atoms with Gasteiger partial charge in [0.2, 0.25) is 0 Å². The number of rotatable bonds is 5. The Labute approximate surface area is 148 Å². The van der Waals surface area contributed by atoms with Crippen molar-refractivity contribution < 1.29 is 22.7 Å². The second-order valence-electron chi connectivity index (χ2n) is 7.27. The first kappa shape index (κ1) is 21.7. The van der Waals surface area contributed by atoms with Crippen molar-refractivity contribution in [3.05, 3.63) is 35.1 Å². The van der Waals surface area contributed by atoms with Gasteiger partial charge in [-0.1, -0.05) is 47.5 Å². The molecule has 0 aliphatic carbocycles. The molecule has 0 heterocycles. The first-order valence-corrected chi connectivity index (χ1v) is 10.7. The van der Waals surface area contributed by atoms with Crippen LogP contribution in [0.3, 0.4) is 0 Å². The fourth-order valence-corrected chi connectivity index (χ4v) is 8.92. The van der Waals surface area contributed by atoms with E-state index in [9.17, 15) is 22.7 Å². The van der Waals surface area contributed by atoms with Gasteiger partial charge in [-0.2, -0.15) is 0 Å². The van der Waals surface area contributed by atoms with Crippen LogP contribution in [0.15, 0.2) is 12.1 Å². The minimum absolute atomic E-state index is 0.243. The second kappa shape index (κ2) is 8.37. The molecule has 140 valence electrons. The van der Waals surface area contributed by atoms with E-state index in [-0.39, 0.29) is 16.6 Å². The van der Waals surface area contributed by atoms with E-state index in [1.165, 1.54) is 0 Å². The van der Waals surface area contributed by atoms with E-state index in [2.05, 4.69) is 11.5 Å². The van der Waals surface area contributed by atoms with Crippen molar-refractivity contribution >= 4 is 8.07 Å². The van der Waals surface area contributed by atoms with Gasteiger partial charge in [0.15, 0.2) is 17.8 Å². The molecule has 2 unspecified atom stereocenters. The zero-order valence-corrected chi connectivity index (χ0v) is 16.5. The molecule has 1 nitrogen and oxygen atoms in total. The molecule has 6 heteroatoms. The van der Waals surface area contributed by atoms with Crippen molar-refractivity contribution in [3.63, 3.8) is 0 Å². The molecule has 0 saturated carbocycles. The summed E-state index contributed by atoms with van der Waals surface area (Å²) in [6.45, 7) is 12.2. The van der Waals surface area contributed by atoms with Crippen LogP contribution in [0.5, 0.6) is 0 Å². The zero-order valence-electron chi connectivity index (χ0n) is 15.5. The molecule has 2 atom stereocenters. The van der Waals surface area contributed by atoms with E-state index >= 15 is 0 Å². The maximum Gasteiger partial charge on any atom is 0.190 e. The van der Waals surface area contributed by atoms with Crippen LogP contribution in [-0.2, 0) is 0 Å². The van der Waals surface area contributed by atoms with E-state index in [1.807, 2.05) is 41.5 Å². The van der Waals surface area contributed by atoms with Gasteiger partial charge in [-0.15, -0.1) is 5.54 Å². The Morgan fingerprint density at radius 2 is 1.32 bits per heavy atom. The summed E-state index contributed by atoms with van der Waals surface area (Å²) in [7, 11) is -2.25. The van der Waals surface area contributed by atoms with Crippen molar-refractivity contribution in [3.8, 4) is 11.5 Å². The Morgan fingerprint density at radius 3 is 1.76 bits per heavy atom. The summed E-state index contributed by atoms with van der Waals surface area (Å²) in [6, 6.07) is 1.25. The fraction of sp³-hybridized carbons (Fsp3) is 0.579. The van der Waals surface area contributed by atoms with Gasteiger partial charge < -0.3 is 5.11 Å². The summed E-state index contributed by atoms with van der Waals surface area (Å²) in [5, 5.41) is 9.98. The minimum Gasteiger partial charge on any atom is -0.384 e. The third-order valence-electron chi connectivity index (χ3n) is 4.95. The maximum absolute atomic E-state index is 14.4. The Bertz CT molecular complexity index is 640. The van der Waals surface area contributed by atoms with Crippen molar-refractivity contribution in [2.75, 3.05) is 0 Å². The number of benzene rings is 1. The number of aliphatic hydroxyl groups excluding tert-OH is 1. The molecule has 0 saturated heterocycles. The molecule has 0 aliphatic heterocycles. The minimum atomic E-state index is -2.25. The lowest BCUT2D eigenvalue weighted by Gasteiger charge is -2.38. The van der Waals surface area contributed by atoms with Gasteiger partial charge in [-0.25, -0.2) is 17.6 Å². The Kier molecular flexibility index (Phi) is 7.27. The quantitative estimate of drug-likeness (QED) is 0.303. The van der Waals surface area contributed by atoms with E-state index in [1.54, 1.807) is 0 Å². The maximum atomic E-state index is 14.4. The van der Waals surface area contributed by atoms with Crippen LogP contribution in [-0.4, -0.2) is 19.4 Å². The standard InChI is InChI=1S/C19H26F4OSi/c1-11(2)25(12(3)4,13(5)6)10-9-16(22)19(24)17-14(20)7-8-15(21)18(17)23/h7-8,11-13,16,19,24H,1-6H3. The monoisotopic (exact) mass is 374 g/mol. The van der Waals surface area contributed by atoms with Crippen LogP contribution < -0.4 is 0 Å². The molecule has 0 aliphatic rings. The molecule has 0 fully saturated rings. The summed E-state index contributed by atoms with van der Waals surface area (Å²) in [5.41, 5.74) is 2.76. The van der Waals surface area contributed by atoms with Crippen LogP contribution >= 0.6 is 0 Å². The van der Waals surface area contributed by atoms with Crippen LogP contribution in [0.1, 0.15) is 53.2 Å². The molecule has 0 bridgehead atoms. The largest absolute Gasteiger partial charge is 0.384 e. The lowest BCUT2D eigenvalue weighted by atomic mass is 10.0.